The van der Waals surface area contributed by atoms with Crippen LogP contribution < -0.4 is 0 Å². The highest BCUT2D eigenvalue weighted by Crippen LogP contribution is 2.26. The predicted octanol–water partition coefficient (Wildman–Crippen LogP) is 3.88. The molecule has 0 bridgehead atoms. The molecule has 0 aliphatic heterocycles. The van der Waals surface area contributed by atoms with Crippen molar-refractivity contribution in [3.8, 4) is 0 Å². The second kappa shape index (κ2) is 5.81. The molecule has 1 nitrogen and oxygen atoms in total. The Hall–Kier alpha value is -0.760. The summed E-state index contributed by atoms with van der Waals surface area (Å²) in [5, 5.41) is 1.05. The second-order valence-electron chi connectivity index (χ2n) is 2.91. The highest BCUT2D eigenvalue weighted by Gasteiger charge is 1.97. The molecule has 0 amide bonds. The number of rotatable bonds is 5. The summed E-state index contributed by atoms with van der Waals surface area (Å²) < 4.78 is 0. The van der Waals surface area contributed by atoms with Crippen molar-refractivity contribution in [1.82, 2.24) is 4.98 Å². The molecular formula is C11H15NS. The first-order valence-corrected chi connectivity index (χ1v) is 5.41. The normalized spacial score (nSPS) is 9.92. The van der Waals surface area contributed by atoms with E-state index in [9.17, 15) is 0 Å². The van der Waals surface area contributed by atoms with Crippen molar-refractivity contribution in [1.29, 1.82) is 0 Å². The molecule has 0 saturated carbocycles. The largest absolute Gasteiger partial charge is 0.250 e. The second-order valence-corrected chi connectivity index (χ2v) is 4.11. The summed E-state index contributed by atoms with van der Waals surface area (Å²) >= 11 is 1.68. The molecule has 0 aliphatic rings. The molecule has 1 aromatic rings. The minimum atomic E-state index is 1.05. The van der Waals surface area contributed by atoms with Crippen molar-refractivity contribution in [2.24, 2.45) is 0 Å². The predicted molar refractivity (Wildman–Crippen MR) is 58.8 cm³/mol. The van der Waals surface area contributed by atoms with Crippen molar-refractivity contribution in [2.75, 3.05) is 0 Å². The van der Waals surface area contributed by atoms with E-state index in [4.69, 9.17) is 0 Å². The minimum absolute atomic E-state index is 1.05. The van der Waals surface area contributed by atoms with E-state index < -0.39 is 0 Å². The van der Waals surface area contributed by atoms with Gasteiger partial charge in [0.15, 0.2) is 0 Å². The van der Waals surface area contributed by atoms with Gasteiger partial charge in [-0.1, -0.05) is 37.8 Å². The van der Waals surface area contributed by atoms with Crippen molar-refractivity contribution >= 4 is 11.8 Å². The fraction of sp³-hybridized carbons (Fsp3) is 0.364. The van der Waals surface area contributed by atoms with Crippen LogP contribution in [-0.2, 0) is 0 Å². The summed E-state index contributed by atoms with van der Waals surface area (Å²) in [6.07, 6.45) is 5.35. The van der Waals surface area contributed by atoms with Crippen LogP contribution in [0.25, 0.3) is 0 Å². The topological polar surface area (TPSA) is 12.9 Å². The molecule has 0 spiro atoms. The summed E-state index contributed by atoms with van der Waals surface area (Å²) in [6.45, 7) is 6.20. The third kappa shape index (κ3) is 4.13. The lowest BCUT2D eigenvalue weighted by atomic mass is 10.2. The minimum Gasteiger partial charge on any atom is -0.250 e. The lowest BCUT2D eigenvalue weighted by molar-refractivity contribution is 0.809. The Kier molecular flexibility index (Phi) is 4.61. The molecule has 0 aliphatic carbocycles. The van der Waals surface area contributed by atoms with E-state index in [-0.39, 0.29) is 0 Å². The van der Waals surface area contributed by atoms with E-state index in [2.05, 4.69) is 18.5 Å². The summed E-state index contributed by atoms with van der Waals surface area (Å²) in [7, 11) is 0. The maximum Gasteiger partial charge on any atom is 0.100 e. The molecule has 13 heavy (non-hydrogen) atoms. The first kappa shape index (κ1) is 10.3. The highest BCUT2D eigenvalue weighted by atomic mass is 32.2. The number of nitrogens with zero attached hydrogens (tertiary/aromatic N) is 1. The Morgan fingerprint density at radius 1 is 1.54 bits per heavy atom. The van der Waals surface area contributed by atoms with Crippen LogP contribution in [0, 0.1) is 0 Å². The average molecular weight is 193 g/mol. The molecule has 0 fully saturated rings. The Morgan fingerprint density at radius 2 is 2.38 bits per heavy atom. The van der Waals surface area contributed by atoms with Crippen LogP contribution in [0.3, 0.4) is 0 Å². The SMILES string of the molecule is C=C(CCCC)Sc1ccccn1. The average Bonchev–Trinajstić information content (AvgIpc) is 2.16. The van der Waals surface area contributed by atoms with Gasteiger partial charge in [0.2, 0.25) is 0 Å². The van der Waals surface area contributed by atoms with E-state index >= 15 is 0 Å². The molecule has 1 aromatic heterocycles. The van der Waals surface area contributed by atoms with Gasteiger partial charge in [-0.2, -0.15) is 0 Å². The van der Waals surface area contributed by atoms with Gasteiger partial charge in [-0.15, -0.1) is 0 Å². The standard InChI is InChI=1S/C11H15NS/c1-3-4-7-10(2)13-11-8-5-6-9-12-11/h5-6,8-9H,2-4,7H2,1H3. The molecule has 70 valence electrons. The number of hydrogen-bond acceptors (Lipinski definition) is 2. The van der Waals surface area contributed by atoms with E-state index in [1.54, 1.807) is 11.8 Å². The van der Waals surface area contributed by atoms with Crippen molar-refractivity contribution < 1.29 is 0 Å². The maximum absolute atomic E-state index is 4.23. The molecule has 2 heteroatoms. The molecule has 0 saturated heterocycles. The Balaban J connectivity index is 2.37. The number of pyridine rings is 1. The number of unbranched alkanes of at least 4 members (excludes halogenated alkanes) is 1. The first-order valence-electron chi connectivity index (χ1n) is 4.59. The third-order valence-electron chi connectivity index (χ3n) is 1.70. The smallest absolute Gasteiger partial charge is 0.100 e. The van der Waals surface area contributed by atoms with Gasteiger partial charge in [-0.25, -0.2) is 4.98 Å². The van der Waals surface area contributed by atoms with Gasteiger partial charge in [0, 0.05) is 6.20 Å². The zero-order valence-corrected chi connectivity index (χ0v) is 8.81. The quantitative estimate of drug-likeness (QED) is 0.658. The number of hydrogen-bond donors (Lipinski definition) is 0. The fourth-order valence-corrected chi connectivity index (χ4v) is 1.78. The van der Waals surface area contributed by atoms with Gasteiger partial charge >= 0.3 is 0 Å². The monoisotopic (exact) mass is 193 g/mol. The molecule has 0 atom stereocenters. The van der Waals surface area contributed by atoms with Crippen LogP contribution in [0.1, 0.15) is 26.2 Å². The van der Waals surface area contributed by atoms with Crippen LogP contribution in [0.4, 0.5) is 0 Å². The van der Waals surface area contributed by atoms with Crippen LogP contribution in [-0.4, -0.2) is 4.98 Å². The summed E-state index contributed by atoms with van der Waals surface area (Å²) in [5.74, 6) is 0. The summed E-state index contributed by atoms with van der Waals surface area (Å²) in [4.78, 5) is 5.44. The van der Waals surface area contributed by atoms with E-state index in [0.29, 0.717) is 0 Å². The molecule has 0 radical (unpaired) electrons. The molecule has 0 aromatic carbocycles. The van der Waals surface area contributed by atoms with Gasteiger partial charge in [0.25, 0.3) is 0 Å². The van der Waals surface area contributed by atoms with E-state index in [1.165, 1.54) is 17.7 Å². The molecule has 0 unspecified atom stereocenters. The van der Waals surface area contributed by atoms with Gasteiger partial charge < -0.3 is 0 Å². The maximum atomic E-state index is 4.23. The number of thioether (sulfide) groups is 1. The van der Waals surface area contributed by atoms with Crippen molar-refractivity contribution in [2.45, 2.75) is 31.2 Å². The van der Waals surface area contributed by atoms with Gasteiger partial charge in [-0.05, 0) is 29.9 Å². The van der Waals surface area contributed by atoms with Gasteiger partial charge in [0.05, 0.1) is 0 Å². The molecule has 0 N–H and O–H groups in total. The zero-order valence-electron chi connectivity index (χ0n) is 7.99. The van der Waals surface area contributed by atoms with Crippen LogP contribution in [0.15, 0.2) is 40.9 Å². The number of allylic oxidation sites excluding steroid dienone is 1. The van der Waals surface area contributed by atoms with Gasteiger partial charge in [-0.3, -0.25) is 0 Å². The highest BCUT2D eigenvalue weighted by molar-refractivity contribution is 8.03. The van der Waals surface area contributed by atoms with Crippen molar-refractivity contribution in [3.05, 3.63) is 35.9 Å². The Labute approximate surface area is 84.3 Å². The van der Waals surface area contributed by atoms with E-state index in [0.717, 1.165) is 11.4 Å². The Morgan fingerprint density at radius 3 is 3.00 bits per heavy atom. The van der Waals surface area contributed by atoms with Crippen molar-refractivity contribution in [3.63, 3.8) is 0 Å². The molecule has 1 rings (SSSR count). The third-order valence-corrected chi connectivity index (χ3v) is 2.64. The van der Waals surface area contributed by atoms with Crippen LogP contribution in [0.5, 0.6) is 0 Å². The summed E-state index contributed by atoms with van der Waals surface area (Å²) in [5.41, 5.74) is 0. The number of aromatic nitrogens is 1. The van der Waals surface area contributed by atoms with Crippen LogP contribution in [0.2, 0.25) is 0 Å². The molecular weight excluding hydrogens is 178 g/mol. The van der Waals surface area contributed by atoms with E-state index in [1.807, 2.05) is 24.4 Å². The first-order chi connectivity index (χ1) is 6.33. The summed E-state index contributed by atoms with van der Waals surface area (Å²) in [6, 6.07) is 5.95. The fourth-order valence-electron chi connectivity index (χ4n) is 0.980. The zero-order chi connectivity index (χ0) is 9.52. The Bertz CT molecular complexity index is 256. The lowest BCUT2D eigenvalue weighted by Gasteiger charge is -2.02. The van der Waals surface area contributed by atoms with Gasteiger partial charge in [0.1, 0.15) is 5.03 Å². The lowest BCUT2D eigenvalue weighted by Crippen LogP contribution is -1.80. The van der Waals surface area contributed by atoms with Crippen LogP contribution >= 0.6 is 11.8 Å². The molecule has 1 heterocycles.